The number of aliphatic imine (C=N–C) groups is 1. The molecular formula is C34H34N2O3. The molecule has 5 nitrogen and oxygen atoms in total. The van der Waals surface area contributed by atoms with Gasteiger partial charge in [0.25, 0.3) is 0 Å². The van der Waals surface area contributed by atoms with E-state index in [0.29, 0.717) is 24.3 Å². The maximum atomic E-state index is 13.0. The monoisotopic (exact) mass is 518 g/mol. The highest BCUT2D eigenvalue weighted by Gasteiger charge is 2.17. The molecule has 0 aliphatic rings. The number of rotatable bonds is 11. The SMILES string of the molecule is CCOc1ccc(CC(=Nc2ccccc2C(C)=O)C(C)NC(=O)Cc2ccc(-c3ccccc3)cc2)cc1. The Morgan fingerprint density at radius 1 is 0.769 bits per heavy atom. The van der Waals surface area contributed by atoms with Crippen molar-refractivity contribution in [2.45, 2.75) is 39.7 Å². The Bertz CT molecular complexity index is 1430. The van der Waals surface area contributed by atoms with Gasteiger partial charge in [-0.1, -0.05) is 78.9 Å². The summed E-state index contributed by atoms with van der Waals surface area (Å²) in [5.41, 5.74) is 6.15. The predicted octanol–water partition coefficient (Wildman–Crippen LogP) is 7.02. The smallest absolute Gasteiger partial charge is 0.224 e. The van der Waals surface area contributed by atoms with Gasteiger partial charge in [0.1, 0.15) is 5.75 Å². The van der Waals surface area contributed by atoms with Gasteiger partial charge in [-0.05, 0) is 67.3 Å². The highest BCUT2D eigenvalue weighted by molar-refractivity contribution is 6.02. The third-order valence-corrected chi connectivity index (χ3v) is 6.47. The predicted molar refractivity (Wildman–Crippen MR) is 158 cm³/mol. The first-order valence-electron chi connectivity index (χ1n) is 13.3. The first kappa shape index (κ1) is 27.5. The first-order valence-corrected chi connectivity index (χ1v) is 13.3. The fraction of sp³-hybridized carbons (Fsp3) is 0.206. The van der Waals surface area contributed by atoms with Gasteiger partial charge < -0.3 is 10.1 Å². The summed E-state index contributed by atoms with van der Waals surface area (Å²) in [6.45, 7) is 6.02. The van der Waals surface area contributed by atoms with Gasteiger partial charge in [-0.2, -0.15) is 0 Å². The minimum Gasteiger partial charge on any atom is -0.494 e. The van der Waals surface area contributed by atoms with E-state index in [1.807, 2.05) is 98.8 Å². The van der Waals surface area contributed by atoms with Crippen LogP contribution >= 0.6 is 0 Å². The minimum absolute atomic E-state index is 0.0506. The number of hydrogen-bond acceptors (Lipinski definition) is 4. The van der Waals surface area contributed by atoms with Crippen LogP contribution in [0.15, 0.2) is 108 Å². The number of amides is 1. The molecule has 39 heavy (non-hydrogen) atoms. The van der Waals surface area contributed by atoms with Crippen LogP contribution in [0.1, 0.15) is 42.3 Å². The highest BCUT2D eigenvalue weighted by Crippen LogP contribution is 2.22. The molecule has 1 N–H and O–H groups in total. The van der Waals surface area contributed by atoms with E-state index in [0.717, 1.165) is 33.7 Å². The van der Waals surface area contributed by atoms with Crippen LogP contribution in [0, 0.1) is 0 Å². The quantitative estimate of drug-likeness (QED) is 0.171. The number of nitrogens with zero attached hydrogens (tertiary/aromatic N) is 1. The molecule has 0 bridgehead atoms. The van der Waals surface area contributed by atoms with Crippen molar-refractivity contribution in [1.82, 2.24) is 5.32 Å². The first-order chi connectivity index (χ1) is 18.9. The number of ketones is 1. The Balaban J connectivity index is 1.51. The number of Topliss-reactive ketones (excluding diaryl/α,β-unsaturated/α-hetero) is 1. The molecule has 4 aromatic rings. The van der Waals surface area contributed by atoms with Gasteiger partial charge in [0.15, 0.2) is 5.78 Å². The van der Waals surface area contributed by atoms with E-state index >= 15 is 0 Å². The molecule has 0 radical (unpaired) electrons. The Hall–Kier alpha value is -4.51. The molecule has 0 heterocycles. The van der Waals surface area contributed by atoms with Gasteiger partial charge >= 0.3 is 0 Å². The number of carbonyl (C=O) groups is 2. The second-order valence-corrected chi connectivity index (χ2v) is 9.46. The molecule has 1 atom stereocenters. The Morgan fingerprint density at radius 2 is 1.36 bits per heavy atom. The zero-order valence-corrected chi connectivity index (χ0v) is 22.7. The molecule has 0 aliphatic heterocycles. The van der Waals surface area contributed by atoms with E-state index < -0.39 is 0 Å². The van der Waals surface area contributed by atoms with Crippen LogP contribution in [-0.2, 0) is 17.6 Å². The zero-order chi connectivity index (χ0) is 27.6. The van der Waals surface area contributed by atoms with Crippen molar-refractivity contribution in [2.75, 3.05) is 6.61 Å². The molecule has 0 fully saturated rings. The largest absolute Gasteiger partial charge is 0.494 e. The fourth-order valence-corrected chi connectivity index (χ4v) is 4.40. The van der Waals surface area contributed by atoms with E-state index in [9.17, 15) is 9.59 Å². The highest BCUT2D eigenvalue weighted by atomic mass is 16.5. The van der Waals surface area contributed by atoms with Crippen molar-refractivity contribution in [3.05, 3.63) is 120 Å². The van der Waals surface area contributed by atoms with Crippen molar-refractivity contribution in [2.24, 2.45) is 4.99 Å². The van der Waals surface area contributed by atoms with Crippen LogP contribution in [0.4, 0.5) is 5.69 Å². The molecule has 1 amide bonds. The van der Waals surface area contributed by atoms with Crippen molar-refractivity contribution < 1.29 is 14.3 Å². The molecule has 1 unspecified atom stereocenters. The summed E-state index contributed by atoms with van der Waals surface area (Å²) >= 11 is 0. The lowest BCUT2D eigenvalue weighted by Gasteiger charge is -2.18. The lowest BCUT2D eigenvalue weighted by molar-refractivity contribution is -0.120. The normalized spacial score (nSPS) is 12.0. The lowest BCUT2D eigenvalue weighted by atomic mass is 10.0. The van der Waals surface area contributed by atoms with Gasteiger partial charge in [-0.25, -0.2) is 0 Å². The average molecular weight is 519 g/mol. The maximum Gasteiger partial charge on any atom is 0.224 e. The van der Waals surface area contributed by atoms with Crippen molar-refractivity contribution in [3.63, 3.8) is 0 Å². The number of hydrogen-bond donors (Lipinski definition) is 1. The van der Waals surface area contributed by atoms with E-state index in [1.54, 1.807) is 6.07 Å². The van der Waals surface area contributed by atoms with Gasteiger partial charge in [-0.15, -0.1) is 0 Å². The molecule has 0 aromatic heterocycles. The number of para-hydroxylation sites is 1. The summed E-state index contributed by atoms with van der Waals surface area (Å²) in [4.78, 5) is 30.1. The average Bonchev–Trinajstić information content (AvgIpc) is 2.95. The summed E-state index contributed by atoms with van der Waals surface area (Å²) in [5.74, 6) is 0.668. The van der Waals surface area contributed by atoms with E-state index in [4.69, 9.17) is 9.73 Å². The molecule has 4 aromatic carbocycles. The Labute approximate surface area is 230 Å². The van der Waals surface area contributed by atoms with Crippen LogP contribution in [0.5, 0.6) is 5.75 Å². The van der Waals surface area contributed by atoms with Gasteiger partial charge in [-0.3, -0.25) is 14.6 Å². The number of benzene rings is 4. The van der Waals surface area contributed by atoms with Gasteiger partial charge in [0, 0.05) is 17.7 Å². The van der Waals surface area contributed by atoms with Crippen LogP contribution in [0.25, 0.3) is 11.1 Å². The summed E-state index contributed by atoms with van der Waals surface area (Å²) in [6.07, 6.45) is 0.783. The van der Waals surface area contributed by atoms with Crippen molar-refractivity contribution in [1.29, 1.82) is 0 Å². The van der Waals surface area contributed by atoms with Crippen LogP contribution < -0.4 is 10.1 Å². The standard InChI is InChI=1S/C34H34N2O3/c1-4-39-30-20-16-26(17-21-30)22-33(36-32-13-9-8-12-31(32)25(3)37)24(2)35-34(38)23-27-14-18-29(19-15-27)28-10-6-5-7-11-28/h5-21,24H,4,22-23H2,1-3H3,(H,35,38). The third kappa shape index (κ3) is 7.74. The lowest BCUT2D eigenvalue weighted by Crippen LogP contribution is -2.40. The molecule has 0 aliphatic carbocycles. The second-order valence-electron chi connectivity index (χ2n) is 9.46. The fourth-order valence-electron chi connectivity index (χ4n) is 4.40. The number of carbonyl (C=O) groups excluding carboxylic acids is 2. The third-order valence-electron chi connectivity index (χ3n) is 6.47. The number of nitrogens with one attached hydrogen (secondary N) is 1. The molecule has 198 valence electrons. The van der Waals surface area contributed by atoms with Crippen molar-refractivity contribution >= 4 is 23.1 Å². The summed E-state index contributed by atoms with van der Waals surface area (Å²) in [6, 6.07) is 33.0. The minimum atomic E-state index is -0.340. The maximum absolute atomic E-state index is 13.0. The molecule has 0 saturated carbocycles. The molecule has 0 saturated heterocycles. The Morgan fingerprint density at radius 3 is 2.03 bits per heavy atom. The van der Waals surface area contributed by atoms with Crippen LogP contribution in [-0.4, -0.2) is 30.1 Å². The molecule has 4 rings (SSSR count). The summed E-state index contributed by atoms with van der Waals surface area (Å²) in [5, 5.41) is 3.12. The summed E-state index contributed by atoms with van der Waals surface area (Å²) < 4.78 is 5.57. The Kier molecular flexibility index (Phi) is 9.41. The van der Waals surface area contributed by atoms with E-state index in [-0.39, 0.29) is 24.2 Å². The number of ether oxygens (including phenoxy) is 1. The van der Waals surface area contributed by atoms with E-state index in [2.05, 4.69) is 17.4 Å². The summed E-state index contributed by atoms with van der Waals surface area (Å²) in [7, 11) is 0. The van der Waals surface area contributed by atoms with E-state index in [1.165, 1.54) is 6.92 Å². The molecular weight excluding hydrogens is 484 g/mol. The molecule has 5 heteroatoms. The topological polar surface area (TPSA) is 67.8 Å². The van der Waals surface area contributed by atoms with Crippen LogP contribution in [0.2, 0.25) is 0 Å². The van der Waals surface area contributed by atoms with Crippen LogP contribution in [0.3, 0.4) is 0 Å². The van der Waals surface area contributed by atoms with Gasteiger partial charge in [0.05, 0.1) is 24.8 Å². The van der Waals surface area contributed by atoms with Gasteiger partial charge in [0.2, 0.25) is 5.91 Å². The second kappa shape index (κ2) is 13.3. The molecule has 0 spiro atoms. The van der Waals surface area contributed by atoms with Crippen molar-refractivity contribution in [3.8, 4) is 16.9 Å². The zero-order valence-electron chi connectivity index (χ0n) is 22.7.